The molecule has 0 aliphatic carbocycles. The first kappa shape index (κ1) is 66.2. The number of hydrogen-bond donors (Lipinski definition) is 1. The van der Waals surface area contributed by atoms with Gasteiger partial charge in [-0.25, -0.2) is 4.79 Å². The molecule has 0 amide bonds. The minimum atomic E-state index is -0.882. The Balaban J connectivity index is 4.28. The van der Waals surface area contributed by atoms with Gasteiger partial charge in [-0.15, -0.1) is 0 Å². The highest BCUT2D eigenvalue weighted by Gasteiger charge is 2.31. The van der Waals surface area contributed by atoms with Crippen molar-refractivity contribution in [1.82, 2.24) is 0 Å². The van der Waals surface area contributed by atoms with E-state index in [0.717, 1.165) is 103 Å². The van der Waals surface area contributed by atoms with Crippen LogP contribution in [0.3, 0.4) is 0 Å². The summed E-state index contributed by atoms with van der Waals surface area (Å²) >= 11 is 0. The predicted octanol–water partition coefficient (Wildman–Crippen LogP) is 17.0. The van der Waals surface area contributed by atoms with Crippen molar-refractivity contribution in [3.63, 3.8) is 0 Å². The van der Waals surface area contributed by atoms with Gasteiger partial charge in [0.05, 0.1) is 34.4 Å². The summed E-state index contributed by atoms with van der Waals surface area (Å²) in [6.45, 7) is 4.60. The van der Waals surface area contributed by atoms with Crippen molar-refractivity contribution in [3.8, 4) is 0 Å². The van der Waals surface area contributed by atoms with Crippen molar-refractivity contribution < 1.29 is 38.2 Å². The molecule has 0 aliphatic rings. The minimum absolute atomic E-state index is 0.0440. The summed E-state index contributed by atoms with van der Waals surface area (Å²) in [7, 11) is 5.52. The topological polar surface area (TPSA) is 99.1 Å². The van der Waals surface area contributed by atoms with Crippen LogP contribution >= 0.6 is 0 Å². The number of carbonyl (C=O) groups excluding carboxylic acids is 2. The van der Waals surface area contributed by atoms with Crippen LogP contribution < -0.4 is 0 Å². The zero-order valence-electron chi connectivity index (χ0n) is 45.7. The summed E-state index contributed by atoms with van der Waals surface area (Å²) < 4.78 is 17.4. The van der Waals surface area contributed by atoms with Gasteiger partial charge in [0.25, 0.3) is 0 Å². The molecule has 2 unspecified atom stereocenters. The molecular weight excluding hydrogens is 871 g/mol. The fraction of sp³-hybridized carbons (Fsp3) is 0.694. The first-order valence-electron chi connectivity index (χ1n) is 28.3. The SMILES string of the molecule is CC/C=C/C/C=C/C/C=C/C/C=C/C/C=C/C/C=C/CCCCCCC(=O)OCC(COCCC(C(=O)O)[N+](C)(C)C)OC(=O)CCCCCCCCC/C=C/C/C=C/CCCCCCCCCCC. The maximum Gasteiger partial charge on any atom is 0.362 e. The Bertz CT molecular complexity index is 1460. The summed E-state index contributed by atoms with van der Waals surface area (Å²) in [6, 6.07) is -0.627. The number of aliphatic carboxylic acids is 1. The molecule has 0 aromatic rings. The van der Waals surface area contributed by atoms with E-state index in [1.807, 2.05) is 21.1 Å². The maximum atomic E-state index is 12.8. The number of likely N-dealkylation sites (N-methyl/N-ethyl adjacent to an activating group) is 1. The van der Waals surface area contributed by atoms with Gasteiger partial charge in [0.15, 0.2) is 12.1 Å². The molecular formula is C62H106NO7+. The summed E-state index contributed by atoms with van der Waals surface area (Å²) in [4.78, 5) is 37.3. The molecule has 8 heteroatoms. The van der Waals surface area contributed by atoms with Crippen LogP contribution in [0.4, 0.5) is 0 Å². The van der Waals surface area contributed by atoms with Crippen LogP contribution in [-0.4, -0.2) is 80.6 Å². The molecule has 0 heterocycles. The van der Waals surface area contributed by atoms with Gasteiger partial charge in [-0.05, 0) is 96.3 Å². The standard InChI is InChI=1S/C62H105NO7/c1-6-8-10-12-14-16-18-20-22-24-26-28-30-32-34-36-38-40-42-44-46-48-50-52-60(64)69-57-58(56-68-55-54-59(62(66)67)63(3,4)5)70-61(65)53-51-49-47-45-43-41-39-37-35-33-31-29-27-25-23-21-19-17-15-13-11-9-7-2/h8,10,14,16,20,22,26-29,32-35,38,40,58-59H,6-7,9,11-13,15,17-19,21,23-25,30-31,36-37,39,41-57H2,1-5H3/p+1/b10-8+,16-14+,22-20+,28-26+,29-27+,34-32+,35-33+,40-38+. The second kappa shape index (κ2) is 51.6. The summed E-state index contributed by atoms with van der Waals surface area (Å²) in [5, 5.41) is 9.68. The van der Waals surface area contributed by atoms with E-state index in [1.54, 1.807) is 0 Å². The first-order valence-corrected chi connectivity index (χ1v) is 28.3. The molecule has 0 fully saturated rings. The van der Waals surface area contributed by atoms with E-state index in [-0.39, 0.29) is 36.2 Å². The van der Waals surface area contributed by atoms with E-state index in [1.165, 1.54) is 89.9 Å². The molecule has 0 radical (unpaired) electrons. The van der Waals surface area contributed by atoms with Crippen LogP contribution in [0.25, 0.3) is 0 Å². The Morgan fingerprint density at radius 2 is 0.800 bits per heavy atom. The van der Waals surface area contributed by atoms with E-state index < -0.39 is 18.1 Å². The number of quaternary nitrogens is 1. The van der Waals surface area contributed by atoms with Gasteiger partial charge in [0, 0.05) is 19.3 Å². The smallest absolute Gasteiger partial charge is 0.362 e. The van der Waals surface area contributed by atoms with Crippen molar-refractivity contribution in [2.45, 2.75) is 238 Å². The highest BCUT2D eigenvalue weighted by atomic mass is 16.6. The van der Waals surface area contributed by atoms with Crippen molar-refractivity contribution in [2.75, 3.05) is 41.0 Å². The summed E-state index contributed by atoms with van der Waals surface area (Å²) in [5.41, 5.74) is 0. The average Bonchev–Trinajstić information content (AvgIpc) is 3.33. The molecule has 0 saturated carbocycles. The molecule has 0 spiro atoms. The van der Waals surface area contributed by atoms with Crippen LogP contribution in [0.1, 0.15) is 226 Å². The number of esters is 2. The average molecular weight is 978 g/mol. The fourth-order valence-corrected chi connectivity index (χ4v) is 7.89. The lowest BCUT2D eigenvalue weighted by molar-refractivity contribution is -0.887. The second-order valence-corrected chi connectivity index (χ2v) is 19.8. The molecule has 0 rings (SSSR count). The maximum absolute atomic E-state index is 12.8. The van der Waals surface area contributed by atoms with Crippen LogP contribution in [-0.2, 0) is 28.6 Å². The number of ether oxygens (including phenoxy) is 3. The van der Waals surface area contributed by atoms with Crippen LogP contribution in [0.5, 0.6) is 0 Å². The number of allylic oxidation sites excluding steroid dienone is 16. The van der Waals surface area contributed by atoms with Crippen LogP contribution in [0.2, 0.25) is 0 Å². The number of rotatable bonds is 50. The highest BCUT2D eigenvalue weighted by Crippen LogP contribution is 2.14. The van der Waals surface area contributed by atoms with Gasteiger partial charge < -0.3 is 23.8 Å². The van der Waals surface area contributed by atoms with Gasteiger partial charge in [0.1, 0.15) is 6.61 Å². The molecule has 0 aliphatic heterocycles. The Morgan fingerprint density at radius 3 is 1.19 bits per heavy atom. The molecule has 0 bridgehead atoms. The largest absolute Gasteiger partial charge is 0.477 e. The molecule has 0 saturated heterocycles. The summed E-state index contributed by atoms with van der Waals surface area (Å²) in [5.74, 6) is -1.51. The van der Waals surface area contributed by atoms with E-state index >= 15 is 0 Å². The van der Waals surface area contributed by atoms with E-state index in [2.05, 4.69) is 111 Å². The molecule has 8 nitrogen and oxygen atoms in total. The third-order valence-corrected chi connectivity index (χ3v) is 12.2. The third-order valence-electron chi connectivity index (χ3n) is 12.2. The van der Waals surface area contributed by atoms with Gasteiger partial charge in [-0.3, -0.25) is 9.59 Å². The van der Waals surface area contributed by atoms with Crippen molar-refractivity contribution in [2.24, 2.45) is 0 Å². The van der Waals surface area contributed by atoms with E-state index in [0.29, 0.717) is 19.3 Å². The molecule has 0 aromatic heterocycles. The molecule has 0 aromatic carbocycles. The van der Waals surface area contributed by atoms with Gasteiger partial charge in [-0.1, -0.05) is 207 Å². The molecule has 1 N–H and O–H groups in total. The lowest BCUT2D eigenvalue weighted by Crippen LogP contribution is -2.50. The molecule has 70 heavy (non-hydrogen) atoms. The number of nitrogens with zero attached hydrogens (tertiary/aromatic N) is 1. The monoisotopic (exact) mass is 977 g/mol. The van der Waals surface area contributed by atoms with E-state index in [9.17, 15) is 19.5 Å². The Kier molecular flexibility index (Phi) is 48.8. The Labute approximate surface area is 430 Å². The molecule has 400 valence electrons. The Morgan fingerprint density at radius 1 is 0.443 bits per heavy atom. The normalized spacial score (nSPS) is 13.6. The van der Waals surface area contributed by atoms with Crippen molar-refractivity contribution in [3.05, 3.63) is 97.2 Å². The third kappa shape index (κ3) is 49.2. The number of carboxylic acids is 1. The quantitative estimate of drug-likeness (QED) is 0.0281. The van der Waals surface area contributed by atoms with Crippen molar-refractivity contribution >= 4 is 17.9 Å². The van der Waals surface area contributed by atoms with Crippen molar-refractivity contribution in [1.29, 1.82) is 0 Å². The van der Waals surface area contributed by atoms with Crippen LogP contribution in [0, 0.1) is 0 Å². The summed E-state index contributed by atoms with van der Waals surface area (Å²) in [6.07, 6.45) is 70.4. The number of carbonyl (C=O) groups is 3. The predicted molar refractivity (Wildman–Crippen MR) is 298 cm³/mol. The highest BCUT2D eigenvalue weighted by molar-refractivity contribution is 5.72. The van der Waals surface area contributed by atoms with Gasteiger partial charge in [-0.2, -0.15) is 0 Å². The number of hydrogen-bond acceptors (Lipinski definition) is 6. The minimum Gasteiger partial charge on any atom is -0.477 e. The Hall–Kier alpha value is -3.75. The zero-order chi connectivity index (χ0) is 51.3. The van der Waals surface area contributed by atoms with Gasteiger partial charge >= 0.3 is 17.9 Å². The fourth-order valence-electron chi connectivity index (χ4n) is 7.89. The lowest BCUT2D eigenvalue weighted by Gasteiger charge is -2.31. The first-order chi connectivity index (χ1) is 34.1. The van der Waals surface area contributed by atoms with Crippen LogP contribution in [0.15, 0.2) is 97.2 Å². The van der Waals surface area contributed by atoms with E-state index in [4.69, 9.17) is 14.2 Å². The lowest BCUT2D eigenvalue weighted by atomic mass is 10.1. The number of unbranched alkanes of at least 4 members (excludes halogenated alkanes) is 20. The number of carboxylic acid groups (broad SMARTS) is 1. The zero-order valence-corrected chi connectivity index (χ0v) is 45.7. The second-order valence-electron chi connectivity index (χ2n) is 19.8. The molecule has 2 atom stereocenters. The van der Waals surface area contributed by atoms with Gasteiger partial charge in [0.2, 0.25) is 0 Å².